The molecule has 3 nitrogen and oxygen atoms in total. The van der Waals surface area contributed by atoms with Crippen LogP contribution in [-0.4, -0.2) is 35.6 Å². The summed E-state index contributed by atoms with van der Waals surface area (Å²) >= 11 is 0. The summed E-state index contributed by atoms with van der Waals surface area (Å²) in [5.74, 6) is 1.06. The zero-order chi connectivity index (χ0) is 8.85. The van der Waals surface area contributed by atoms with Crippen molar-refractivity contribution in [2.24, 2.45) is 7.05 Å². The zero-order valence-corrected chi connectivity index (χ0v) is 8.00. The fourth-order valence-electron chi connectivity index (χ4n) is 0.440. The SMILES string of the molecule is CN(C)C.Cc1nccn1C. The van der Waals surface area contributed by atoms with Gasteiger partial charge in [0.2, 0.25) is 0 Å². The first-order valence-electron chi connectivity index (χ1n) is 3.59. The first-order chi connectivity index (χ1) is 5.04. The van der Waals surface area contributed by atoms with Gasteiger partial charge in [-0.3, -0.25) is 0 Å². The molecule has 11 heavy (non-hydrogen) atoms. The average molecular weight is 155 g/mol. The molecule has 1 heterocycles. The van der Waals surface area contributed by atoms with E-state index in [-0.39, 0.29) is 0 Å². The Kier molecular flexibility index (Phi) is 4.54. The minimum absolute atomic E-state index is 1.06. The lowest BCUT2D eigenvalue weighted by molar-refractivity contribution is 0.505. The summed E-state index contributed by atoms with van der Waals surface area (Å²) in [6.45, 7) is 1.97. The van der Waals surface area contributed by atoms with Gasteiger partial charge in [-0.05, 0) is 28.1 Å². The number of hydrogen-bond donors (Lipinski definition) is 0. The summed E-state index contributed by atoms with van der Waals surface area (Å²) in [6.07, 6.45) is 3.71. The highest BCUT2D eigenvalue weighted by atomic mass is 15.0. The molecule has 0 unspecified atom stereocenters. The minimum atomic E-state index is 1.06. The smallest absolute Gasteiger partial charge is 0.105 e. The normalized spacial score (nSPS) is 9.27. The second-order valence-electron chi connectivity index (χ2n) is 2.93. The molecule has 0 atom stereocenters. The molecule has 1 aromatic heterocycles. The Morgan fingerprint density at radius 1 is 1.36 bits per heavy atom. The molecule has 0 aromatic carbocycles. The maximum atomic E-state index is 3.98. The van der Waals surface area contributed by atoms with Crippen LogP contribution in [0.1, 0.15) is 5.82 Å². The predicted molar refractivity (Wildman–Crippen MR) is 47.6 cm³/mol. The van der Waals surface area contributed by atoms with Crippen LogP contribution < -0.4 is 0 Å². The third-order valence-corrected chi connectivity index (χ3v) is 1.06. The highest BCUT2D eigenvalue weighted by Crippen LogP contribution is 1.86. The molecule has 0 aliphatic carbocycles. The van der Waals surface area contributed by atoms with E-state index < -0.39 is 0 Å². The van der Waals surface area contributed by atoms with Crippen molar-refractivity contribution < 1.29 is 0 Å². The largest absolute Gasteiger partial charge is 0.338 e. The fraction of sp³-hybridized carbons (Fsp3) is 0.625. The monoisotopic (exact) mass is 155 g/mol. The molecule has 1 rings (SSSR count). The maximum Gasteiger partial charge on any atom is 0.105 e. The molecule has 0 saturated heterocycles. The molecule has 0 radical (unpaired) electrons. The Hall–Kier alpha value is -0.830. The van der Waals surface area contributed by atoms with Crippen LogP contribution in [0.15, 0.2) is 12.4 Å². The minimum Gasteiger partial charge on any atom is -0.338 e. The van der Waals surface area contributed by atoms with Gasteiger partial charge in [0, 0.05) is 19.4 Å². The Bertz CT molecular complexity index is 172. The van der Waals surface area contributed by atoms with E-state index in [0.29, 0.717) is 0 Å². The van der Waals surface area contributed by atoms with Crippen molar-refractivity contribution in [3.63, 3.8) is 0 Å². The lowest BCUT2D eigenvalue weighted by atomic mass is 10.7. The Labute approximate surface area is 68.7 Å². The Balaban J connectivity index is 0.000000218. The van der Waals surface area contributed by atoms with Crippen molar-refractivity contribution in [2.75, 3.05) is 21.1 Å². The van der Waals surface area contributed by atoms with Gasteiger partial charge in [-0.2, -0.15) is 0 Å². The number of aromatic nitrogens is 2. The molecular weight excluding hydrogens is 138 g/mol. The Morgan fingerprint density at radius 3 is 1.91 bits per heavy atom. The van der Waals surface area contributed by atoms with Crippen molar-refractivity contribution in [1.29, 1.82) is 0 Å². The van der Waals surface area contributed by atoms with Gasteiger partial charge < -0.3 is 9.47 Å². The molecule has 0 N–H and O–H groups in total. The summed E-state index contributed by atoms with van der Waals surface area (Å²) in [7, 11) is 7.97. The van der Waals surface area contributed by atoms with Gasteiger partial charge in [-0.15, -0.1) is 0 Å². The van der Waals surface area contributed by atoms with Crippen LogP contribution in [0.3, 0.4) is 0 Å². The molecule has 0 fully saturated rings. The zero-order valence-electron chi connectivity index (χ0n) is 8.00. The molecule has 3 heteroatoms. The lowest BCUT2D eigenvalue weighted by Crippen LogP contribution is -1.99. The van der Waals surface area contributed by atoms with Crippen molar-refractivity contribution in [3.05, 3.63) is 18.2 Å². The van der Waals surface area contributed by atoms with E-state index in [1.54, 1.807) is 6.20 Å². The molecule has 0 spiro atoms. The molecule has 0 amide bonds. The standard InChI is InChI=1S/C5H8N2.C3H9N/c1-5-6-3-4-7(5)2;1-4(2)3/h3-4H,1-2H3;1-3H3. The van der Waals surface area contributed by atoms with E-state index in [9.17, 15) is 0 Å². The van der Waals surface area contributed by atoms with Crippen LogP contribution in [0.25, 0.3) is 0 Å². The van der Waals surface area contributed by atoms with Gasteiger partial charge in [-0.1, -0.05) is 0 Å². The molecule has 64 valence electrons. The van der Waals surface area contributed by atoms with E-state index in [1.165, 1.54) is 0 Å². The molecular formula is C8H17N3. The van der Waals surface area contributed by atoms with Crippen molar-refractivity contribution in [2.45, 2.75) is 6.92 Å². The summed E-state index contributed by atoms with van der Waals surface area (Å²) < 4.78 is 1.97. The Morgan fingerprint density at radius 2 is 1.82 bits per heavy atom. The van der Waals surface area contributed by atoms with Crippen LogP contribution >= 0.6 is 0 Å². The number of nitrogens with zero attached hydrogens (tertiary/aromatic N) is 3. The molecule has 0 aliphatic rings. The van der Waals surface area contributed by atoms with Crippen LogP contribution in [0, 0.1) is 6.92 Å². The van der Waals surface area contributed by atoms with E-state index in [4.69, 9.17) is 0 Å². The highest BCUT2D eigenvalue weighted by molar-refractivity contribution is 4.85. The number of imidazole rings is 1. The quantitative estimate of drug-likeness (QED) is 0.555. The number of aryl methyl sites for hydroxylation is 2. The van der Waals surface area contributed by atoms with Crippen LogP contribution in [0.2, 0.25) is 0 Å². The highest BCUT2D eigenvalue weighted by Gasteiger charge is 1.83. The molecule has 0 saturated carbocycles. The van der Waals surface area contributed by atoms with Gasteiger partial charge in [0.05, 0.1) is 0 Å². The van der Waals surface area contributed by atoms with Gasteiger partial charge in [0.15, 0.2) is 0 Å². The summed E-state index contributed by atoms with van der Waals surface area (Å²) in [5.41, 5.74) is 0. The van der Waals surface area contributed by atoms with Crippen molar-refractivity contribution >= 4 is 0 Å². The molecule has 0 aliphatic heterocycles. The predicted octanol–water partition coefficient (Wildman–Crippen LogP) is 0.906. The number of rotatable bonds is 0. The average Bonchev–Trinajstić information content (AvgIpc) is 2.15. The summed E-state index contributed by atoms with van der Waals surface area (Å²) in [5, 5.41) is 0. The third-order valence-electron chi connectivity index (χ3n) is 1.06. The molecule has 1 aromatic rings. The topological polar surface area (TPSA) is 21.1 Å². The third kappa shape index (κ3) is 5.61. The first-order valence-corrected chi connectivity index (χ1v) is 3.59. The summed E-state index contributed by atoms with van der Waals surface area (Å²) in [4.78, 5) is 5.98. The van der Waals surface area contributed by atoms with E-state index >= 15 is 0 Å². The van der Waals surface area contributed by atoms with E-state index in [1.807, 2.05) is 50.8 Å². The lowest BCUT2D eigenvalue weighted by Gasteiger charge is -1.90. The van der Waals surface area contributed by atoms with Gasteiger partial charge >= 0.3 is 0 Å². The van der Waals surface area contributed by atoms with Crippen LogP contribution in [0.4, 0.5) is 0 Å². The van der Waals surface area contributed by atoms with Gasteiger partial charge in [0.25, 0.3) is 0 Å². The van der Waals surface area contributed by atoms with Gasteiger partial charge in [0.1, 0.15) is 5.82 Å². The summed E-state index contributed by atoms with van der Waals surface area (Å²) in [6, 6.07) is 0. The first kappa shape index (κ1) is 10.2. The van der Waals surface area contributed by atoms with E-state index in [2.05, 4.69) is 4.98 Å². The second kappa shape index (κ2) is 4.91. The van der Waals surface area contributed by atoms with Crippen molar-refractivity contribution in [1.82, 2.24) is 14.5 Å². The second-order valence-corrected chi connectivity index (χ2v) is 2.93. The van der Waals surface area contributed by atoms with E-state index in [0.717, 1.165) is 5.82 Å². The maximum absolute atomic E-state index is 3.98. The van der Waals surface area contributed by atoms with Gasteiger partial charge in [-0.25, -0.2) is 4.98 Å². The van der Waals surface area contributed by atoms with Crippen LogP contribution in [0.5, 0.6) is 0 Å². The fourth-order valence-corrected chi connectivity index (χ4v) is 0.440. The molecule has 0 bridgehead atoms. The van der Waals surface area contributed by atoms with Crippen LogP contribution in [-0.2, 0) is 7.05 Å². The number of hydrogen-bond acceptors (Lipinski definition) is 2. The van der Waals surface area contributed by atoms with Crippen molar-refractivity contribution in [3.8, 4) is 0 Å².